The third-order valence-electron chi connectivity index (χ3n) is 4.09. The van der Waals surface area contributed by atoms with Gasteiger partial charge in [-0.15, -0.1) is 0 Å². The number of rotatable bonds is 2. The topological polar surface area (TPSA) is 53.8 Å². The van der Waals surface area contributed by atoms with Crippen LogP contribution >= 0.6 is 0 Å². The third-order valence-corrected chi connectivity index (χ3v) is 4.09. The lowest BCUT2D eigenvalue weighted by Gasteiger charge is -2.20. The van der Waals surface area contributed by atoms with Crippen molar-refractivity contribution in [3.63, 3.8) is 0 Å². The van der Waals surface area contributed by atoms with Crippen LogP contribution in [0.2, 0.25) is 0 Å². The monoisotopic (exact) mass is 312 g/mol. The molecule has 0 aliphatic carbocycles. The van der Waals surface area contributed by atoms with E-state index in [0.717, 1.165) is 17.4 Å². The summed E-state index contributed by atoms with van der Waals surface area (Å²) < 4.78 is 5.67. The van der Waals surface area contributed by atoms with Crippen LogP contribution in [0.3, 0.4) is 0 Å². The number of fused-ring (bicyclic) bond motifs is 1. The van der Waals surface area contributed by atoms with Crippen LogP contribution in [-0.4, -0.2) is 47.8 Å². The summed E-state index contributed by atoms with van der Waals surface area (Å²) >= 11 is 0. The van der Waals surface area contributed by atoms with Gasteiger partial charge in [0.15, 0.2) is 0 Å². The standard InChI is InChI=1S/C18H20N2O3/c1-14(21)19-9-4-10-20(12-11-19)18(22)8-7-16-13-15-5-2-3-6-17(15)23-16/h2-3,5-8,13H,4,9-12H2,1H3/b8-7+. The minimum Gasteiger partial charge on any atom is -0.457 e. The molecule has 0 spiro atoms. The molecule has 120 valence electrons. The Morgan fingerprint density at radius 1 is 1.09 bits per heavy atom. The predicted octanol–water partition coefficient (Wildman–Crippen LogP) is 2.53. The van der Waals surface area contributed by atoms with Crippen LogP contribution in [-0.2, 0) is 9.59 Å². The van der Waals surface area contributed by atoms with Gasteiger partial charge in [0.25, 0.3) is 0 Å². The van der Waals surface area contributed by atoms with E-state index in [4.69, 9.17) is 4.42 Å². The SMILES string of the molecule is CC(=O)N1CCCN(C(=O)/C=C/c2cc3ccccc3o2)CC1. The van der Waals surface area contributed by atoms with Gasteiger partial charge < -0.3 is 14.2 Å². The molecule has 2 heterocycles. The molecule has 23 heavy (non-hydrogen) atoms. The number of para-hydroxylation sites is 1. The maximum atomic E-state index is 12.3. The van der Waals surface area contributed by atoms with Gasteiger partial charge in [-0.2, -0.15) is 0 Å². The van der Waals surface area contributed by atoms with Crippen molar-refractivity contribution in [3.8, 4) is 0 Å². The van der Waals surface area contributed by atoms with Gasteiger partial charge in [-0.3, -0.25) is 9.59 Å². The van der Waals surface area contributed by atoms with Crippen molar-refractivity contribution in [2.24, 2.45) is 0 Å². The fraction of sp³-hybridized carbons (Fsp3) is 0.333. The summed E-state index contributed by atoms with van der Waals surface area (Å²) in [5.41, 5.74) is 0.812. The molecule has 0 N–H and O–H groups in total. The number of hydrogen-bond donors (Lipinski definition) is 0. The zero-order valence-corrected chi connectivity index (χ0v) is 13.2. The Hall–Kier alpha value is -2.56. The molecule has 1 aromatic carbocycles. The maximum Gasteiger partial charge on any atom is 0.246 e. The van der Waals surface area contributed by atoms with Crippen molar-refractivity contribution < 1.29 is 14.0 Å². The number of carbonyl (C=O) groups is 2. The lowest BCUT2D eigenvalue weighted by molar-refractivity contribution is -0.130. The fourth-order valence-corrected chi connectivity index (χ4v) is 2.80. The molecule has 3 rings (SSSR count). The molecule has 1 aliphatic rings. The molecule has 2 aromatic rings. The van der Waals surface area contributed by atoms with Crippen LogP contribution in [0.25, 0.3) is 17.0 Å². The van der Waals surface area contributed by atoms with E-state index in [2.05, 4.69) is 0 Å². The molecule has 2 amide bonds. The van der Waals surface area contributed by atoms with Gasteiger partial charge >= 0.3 is 0 Å². The summed E-state index contributed by atoms with van der Waals surface area (Å²) in [6.07, 6.45) is 4.06. The summed E-state index contributed by atoms with van der Waals surface area (Å²) in [5.74, 6) is 0.688. The molecular weight excluding hydrogens is 292 g/mol. The van der Waals surface area contributed by atoms with Crippen LogP contribution in [0.5, 0.6) is 0 Å². The summed E-state index contributed by atoms with van der Waals surface area (Å²) in [6.45, 7) is 4.13. The van der Waals surface area contributed by atoms with Crippen molar-refractivity contribution in [2.45, 2.75) is 13.3 Å². The predicted molar refractivity (Wildman–Crippen MR) is 88.7 cm³/mol. The minimum absolute atomic E-state index is 0.0455. The fourth-order valence-electron chi connectivity index (χ4n) is 2.80. The van der Waals surface area contributed by atoms with E-state index in [0.29, 0.717) is 31.9 Å². The normalized spacial score (nSPS) is 16.0. The summed E-state index contributed by atoms with van der Waals surface area (Å²) in [7, 11) is 0. The van der Waals surface area contributed by atoms with E-state index in [1.165, 1.54) is 0 Å². The van der Waals surface area contributed by atoms with E-state index in [9.17, 15) is 9.59 Å². The highest BCUT2D eigenvalue weighted by molar-refractivity contribution is 5.92. The Morgan fingerprint density at radius 3 is 2.61 bits per heavy atom. The molecule has 0 radical (unpaired) electrons. The Morgan fingerprint density at radius 2 is 1.83 bits per heavy atom. The molecule has 1 aliphatic heterocycles. The second-order valence-corrected chi connectivity index (χ2v) is 5.70. The average Bonchev–Trinajstić information content (AvgIpc) is 2.79. The van der Waals surface area contributed by atoms with Gasteiger partial charge in [0, 0.05) is 44.6 Å². The van der Waals surface area contributed by atoms with Gasteiger partial charge in [0.1, 0.15) is 11.3 Å². The van der Waals surface area contributed by atoms with E-state index in [-0.39, 0.29) is 11.8 Å². The number of carbonyl (C=O) groups excluding carboxylic acids is 2. The van der Waals surface area contributed by atoms with Gasteiger partial charge in [0.05, 0.1) is 0 Å². The van der Waals surface area contributed by atoms with E-state index >= 15 is 0 Å². The lowest BCUT2D eigenvalue weighted by Crippen LogP contribution is -2.35. The zero-order chi connectivity index (χ0) is 16.2. The number of furan rings is 1. The molecule has 0 atom stereocenters. The molecule has 0 bridgehead atoms. The zero-order valence-electron chi connectivity index (χ0n) is 13.2. The van der Waals surface area contributed by atoms with Gasteiger partial charge in [-0.05, 0) is 24.6 Å². The maximum absolute atomic E-state index is 12.3. The van der Waals surface area contributed by atoms with Crippen molar-refractivity contribution in [1.82, 2.24) is 9.80 Å². The van der Waals surface area contributed by atoms with E-state index in [1.807, 2.05) is 30.3 Å². The Kier molecular flexibility index (Phi) is 4.46. The van der Waals surface area contributed by atoms with Crippen molar-refractivity contribution in [3.05, 3.63) is 42.2 Å². The van der Waals surface area contributed by atoms with Gasteiger partial charge in [-0.25, -0.2) is 0 Å². The first kappa shape index (κ1) is 15.3. The third kappa shape index (κ3) is 3.62. The summed E-state index contributed by atoms with van der Waals surface area (Å²) in [6, 6.07) is 9.67. The number of nitrogens with zero attached hydrogens (tertiary/aromatic N) is 2. The molecule has 1 fully saturated rings. The minimum atomic E-state index is -0.0455. The first-order chi connectivity index (χ1) is 11.1. The number of amides is 2. The first-order valence-corrected chi connectivity index (χ1v) is 7.84. The van der Waals surface area contributed by atoms with Gasteiger partial charge in [-0.1, -0.05) is 18.2 Å². The molecule has 1 saturated heterocycles. The van der Waals surface area contributed by atoms with Crippen LogP contribution in [0.1, 0.15) is 19.1 Å². The smallest absolute Gasteiger partial charge is 0.246 e. The molecule has 5 heteroatoms. The highest BCUT2D eigenvalue weighted by Crippen LogP contribution is 2.19. The first-order valence-electron chi connectivity index (χ1n) is 7.84. The highest BCUT2D eigenvalue weighted by atomic mass is 16.3. The quantitative estimate of drug-likeness (QED) is 0.801. The van der Waals surface area contributed by atoms with Crippen LogP contribution in [0.15, 0.2) is 40.8 Å². The Balaban J connectivity index is 1.65. The average molecular weight is 312 g/mol. The molecule has 0 saturated carbocycles. The largest absolute Gasteiger partial charge is 0.457 e. The molecule has 5 nitrogen and oxygen atoms in total. The van der Waals surface area contributed by atoms with E-state index < -0.39 is 0 Å². The highest BCUT2D eigenvalue weighted by Gasteiger charge is 2.18. The summed E-state index contributed by atoms with van der Waals surface area (Å²) in [5, 5.41) is 1.02. The molecular formula is C18H20N2O3. The second kappa shape index (κ2) is 6.69. The Labute approximate surface area is 135 Å². The second-order valence-electron chi connectivity index (χ2n) is 5.70. The van der Waals surface area contributed by atoms with Crippen molar-refractivity contribution in [2.75, 3.05) is 26.2 Å². The number of benzene rings is 1. The van der Waals surface area contributed by atoms with Crippen molar-refractivity contribution in [1.29, 1.82) is 0 Å². The van der Waals surface area contributed by atoms with Crippen LogP contribution in [0.4, 0.5) is 0 Å². The van der Waals surface area contributed by atoms with E-state index in [1.54, 1.807) is 28.9 Å². The summed E-state index contributed by atoms with van der Waals surface area (Å²) in [4.78, 5) is 27.3. The Bertz CT molecular complexity index is 715. The van der Waals surface area contributed by atoms with Crippen LogP contribution < -0.4 is 0 Å². The molecule has 1 aromatic heterocycles. The number of hydrogen-bond acceptors (Lipinski definition) is 3. The van der Waals surface area contributed by atoms with Gasteiger partial charge in [0.2, 0.25) is 11.8 Å². The lowest BCUT2D eigenvalue weighted by atomic mass is 10.2. The van der Waals surface area contributed by atoms with Crippen molar-refractivity contribution >= 4 is 28.9 Å². The molecule has 0 unspecified atom stereocenters. The van der Waals surface area contributed by atoms with Crippen LogP contribution in [0, 0.1) is 0 Å².